The molecule has 2 heterocycles. The number of fused-ring (bicyclic) bond motifs is 1. The summed E-state index contributed by atoms with van der Waals surface area (Å²) in [6, 6.07) is 11.2. The van der Waals surface area contributed by atoms with Crippen LogP contribution in [0.15, 0.2) is 53.1 Å². The number of benzene rings is 2. The molecule has 2 aromatic carbocycles. The zero-order valence-electron chi connectivity index (χ0n) is 15.1. The number of nitrogens with one attached hydrogen (secondary N) is 1. The lowest BCUT2D eigenvalue weighted by molar-refractivity contribution is 0.0512. The second-order valence-corrected chi connectivity index (χ2v) is 5.97. The summed E-state index contributed by atoms with van der Waals surface area (Å²) >= 11 is 0. The van der Waals surface area contributed by atoms with E-state index in [4.69, 9.17) is 9.26 Å². The molecular weight excluding hydrogens is 382 g/mol. The van der Waals surface area contributed by atoms with Gasteiger partial charge in [0.15, 0.2) is 0 Å². The molecule has 29 heavy (non-hydrogen) atoms. The number of ether oxygens (including phenoxy) is 1. The lowest BCUT2D eigenvalue weighted by atomic mass is 10.1. The zero-order valence-corrected chi connectivity index (χ0v) is 15.1. The number of carbonyl (C=O) groups excluding carboxylic acids is 1. The Balaban J connectivity index is 1.87. The second-order valence-electron chi connectivity index (χ2n) is 5.97. The van der Waals surface area contributed by atoms with Gasteiger partial charge in [0, 0.05) is 11.3 Å². The summed E-state index contributed by atoms with van der Waals surface area (Å²) in [7, 11) is 0. The first-order valence-electron chi connectivity index (χ1n) is 8.68. The predicted molar refractivity (Wildman–Crippen MR) is 101 cm³/mol. The SMILES string of the molecule is CCOC(=O)c1nc(Nc2ccc(F)cc2)c2c(-c3ccc(F)cc3)noc2n1. The van der Waals surface area contributed by atoms with Crippen molar-refractivity contribution in [2.75, 3.05) is 11.9 Å². The maximum Gasteiger partial charge on any atom is 0.376 e. The van der Waals surface area contributed by atoms with E-state index in [9.17, 15) is 13.6 Å². The van der Waals surface area contributed by atoms with Gasteiger partial charge in [-0.1, -0.05) is 5.16 Å². The predicted octanol–water partition coefficient (Wildman–Crippen LogP) is 4.48. The Kier molecular flexibility index (Phi) is 4.86. The minimum Gasteiger partial charge on any atom is -0.460 e. The van der Waals surface area contributed by atoms with Gasteiger partial charge in [0.1, 0.15) is 28.5 Å². The normalized spacial score (nSPS) is 10.9. The minimum absolute atomic E-state index is 0.0481. The highest BCUT2D eigenvalue weighted by Gasteiger charge is 2.22. The summed E-state index contributed by atoms with van der Waals surface area (Å²) in [4.78, 5) is 20.5. The van der Waals surface area contributed by atoms with E-state index in [1.165, 1.54) is 48.5 Å². The Hall–Kier alpha value is -3.88. The van der Waals surface area contributed by atoms with E-state index in [2.05, 4.69) is 20.4 Å². The highest BCUT2D eigenvalue weighted by atomic mass is 19.1. The molecule has 1 N–H and O–H groups in total. The number of rotatable bonds is 5. The van der Waals surface area contributed by atoms with Gasteiger partial charge >= 0.3 is 5.97 Å². The smallest absolute Gasteiger partial charge is 0.376 e. The fourth-order valence-electron chi connectivity index (χ4n) is 2.71. The molecule has 4 aromatic rings. The number of esters is 1. The van der Waals surface area contributed by atoms with E-state index in [0.29, 0.717) is 22.3 Å². The van der Waals surface area contributed by atoms with Crippen molar-refractivity contribution >= 4 is 28.6 Å². The molecule has 146 valence electrons. The van der Waals surface area contributed by atoms with E-state index >= 15 is 0 Å². The monoisotopic (exact) mass is 396 g/mol. The lowest BCUT2D eigenvalue weighted by Gasteiger charge is -2.09. The van der Waals surface area contributed by atoms with E-state index in [1.807, 2.05) is 0 Å². The lowest BCUT2D eigenvalue weighted by Crippen LogP contribution is -2.11. The van der Waals surface area contributed by atoms with Crippen molar-refractivity contribution < 1.29 is 22.8 Å². The average Bonchev–Trinajstić information content (AvgIpc) is 3.15. The first-order chi connectivity index (χ1) is 14.0. The molecule has 9 heteroatoms. The second kappa shape index (κ2) is 7.63. The van der Waals surface area contributed by atoms with Crippen molar-refractivity contribution in [1.82, 2.24) is 15.1 Å². The van der Waals surface area contributed by atoms with Crippen LogP contribution in [0.1, 0.15) is 17.5 Å². The molecule has 0 amide bonds. The number of hydrogen-bond donors (Lipinski definition) is 1. The fourth-order valence-corrected chi connectivity index (χ4v) is 2.71. The molecule has 0 atom stereocenters. The van der Waals surface area contributed by atoms with Crippen molar-refractivity contribution in [1.29, 1.82) is 0 Å². The fraction of sp³-hybridized carbons (Fsp3) is 0.100. The Morgan fingerprint density at radius 3 is 2.34 bits per heavy atom. The van der Waals surface area contributed by atoms with E-state index in [1.54, 1.807) is 6.92 Å². The van der Waals surface area contributed by atoms with Crippen molar-refractivity contribution in [3.63, 3.8) is 0 Å². The van der Waals surface area contributed by atoms with Crippen LogP contribution in [0.3, 0.4) is 0 Å². The van der Waals surface area contributed by atoms with Gasteiger partial charge in [-0.25, -0.2) is 18.6 Å². The average molecular weight is 396 g/mol. The van der Waals surface area contributed by atoms with Crippen molar-refractivity contribution in [2.24, 2.45) is 0 Å². The van der Waals surface area contributed by atoms with Crippen LogP contribution < -0.4 is 5.32 Å². The van der Waals surface area contributed by atoms with Crippen LogP contribution in [0.5, 0.6) is 0 Å². The third-order valence-electron chi connectivity index (χ3n) is 4.02. The quantitative estimate of drug-likeness (QED) is 0.497. The molecule has 0 spiro atoms. The molecule has 0 aliphatic carbocycles. The summed E-state index contributed by atoms with van der Waals surface area (Å²) in [6.07, 6.45) is 0. The van der Waals surface area contributed by atoms with Crippen LogP contribution in [0, 0.1) is 11.6 Å². The Morgan fingerprint density at radius 1 is 1.03 bits per heavy atom. The highest BCUT2D eigenvalue weighted by molar-refractivity contribution is 6.00. The van der Waals surface area contributed by atoms with Gasteiger partial charge in [-0.05, 0) is 55.5 Å². The first kappa shape index (κ1) is 18.5. The van der Waals surface area contributed by atoms with Gasteiger partial charge in [0.05, 0.1) is 6.61 Å². The van der Waals surface area contributed by atoms with Crippen LogP contribution in [-0.2, 0) is 4.74 Å². The first-order valence-corrected chi connectivity index (χ1v) is 8.68. The van der Waals surface area contributed by atoms with Gasteiger partial charge < -0.3 is 14.6 Å². The standard InChI is InChI=1S/C20H14F2N4O3/c1-2-28-20(27)18-24-17(23-14-9-7-13(22)8-10-14)15-16(26-29-19(15)25-18)11-3-5-12(21)6-4-11/h3-10H,2H2,1H3,(H,23,24,25). The van der Waals surface area contributed by atoms with Crippen LogP contribution in [0.4, 0.5) is 20.3 Å². The minimum atomic E-state index is -0.726. The molecule has 0 fully saturated rings. The van der Waals surface area contributed by atoms with Gasteiger partial charge in [0.25, 0.3) is 5.71 Å². The number of carbonyl (C=O) groups is 1. The summed E-state index contributed by atoms with van der Waals surface area (Å²) in [5, 5.41) is 7.41. The topological polar surface area (TPSA) is 90.1 Å². The van der Waals surface area contributed by atoms with Gasteiger partial charge in [-0.2, -0.15) is 4.98 Å². The maximum atomic E-state index is 13.3. The molecule has 0 aliphatic heterocycles. The van der Waals surface area contributed by atoms with Crippen molar-refractivity contribution in [3.05, 3.63) is 66.0 Å². The van der Waals surface area contributed by atoms with Crippen LogP contribution >= 0.6 is 0 Å². The molecule has 2 aromatic heterocycles. The number of nitrogens with zero attached hydrogens (tertiary/aromatic N) is 3. The van der Waals surface area contributed by atoms with Gasteiger partial charge in [0.2, 0.25) is 5.82 Å². The van der Waals surface area contributed by atoms with Crippen LogP contribution in [0.25, 0.3) is 22.4 Å². The van der Waals surface area contributed by atoms with E-state index in [0.717, 1.165) is 0 Å². The summed E-state index contributed by atoms with van der Waals surface area (Å²) < 4.78 is 36.8. The molecule has 0 bridgehead atoms. The molecule has 0 saturated carbocycles. The largest absolute Gasteiger partial charge is 0.460 e. The van der Waals surface area contributed by atoms with Crippen molar-refractivity contribution in [2.45, 2.75) is 6.92 Å². The van der Waals surface area contributed by atoms with E-state index in [-0.39, 0.29) is 24.0 Å². The molecule has 4 rings (SSSR count). The van der Waals surface area contributed by atoms with Crippen molar-refractivity contribution in [3.8, 4) is 11.3 Å². The number of hydrogen-bond acceptors (Lipinski definition) is 7. The van der Waals surface area contributed by atoms with Crippen LogP contribution in [0.2, 0.25) is 0 Å². The summed E-state index contributed by atoms with van der Waals surface area (Å²) in [5.74, 6) is -1.52. The molecule has 0 saturated heterocycles. The van der Waals surface area contributed by atoms with E-state index < -0.39 is 17.6 Å². The molecule has 0 aliphatic rings. The highest BCUT2D eigenvalue weighted by Crippen LogP contribution is 2.33. The summed E-state index contributed by atoms with van der Waals surface area (Å²) in [6.45, 7) is 1.81. The Bertz CT molecular complexity index is 1180. The third kappa shape index (κ3) is 3.75. The number of halogens is 2. The number of aromatic nitrogens is 3. The Labute approximate surface area is 163 Å². The third-order valence-corrected chi connectivity index (χ3v) is 4.02. The summed E-state index contributed by atoms with van der Waals surface area (Å²) in [5.41, 5.74) is 1.50. The number of anilines is 2. The van der Waals surface area contributed by atoms with Gasteiger partial charge in [-0.3, -0.25) is 0 Å². The van der Waals surface area contributed by atoms with Gasteiger partial charge in [-0.15, -0.1) is 0 Å². The maximum absolute atomic E-state index is 13.3. The zero-order chi connectivity index (χ0) is 20.4. The molecule has 0 radical (unpaired) electrons. The molecule has 0 unspecified atom stereocenters. The molecular formula is C20H14F2N4O3. The van der Waals surface area contributed by atoms with Crippen LogP contribution in [-0.4, -0.2) is 27.7 Å². The Morgan fingerprint density at radius 2 is 1.69 bits per heavy atom. The molecule has 7 nitrogen and oxygen atoms in total.